The summed E-state index contributed by atoms with van der Waals surface area (Å²) in [5, 5.41) is 16.9. The van der Waals surface area contributed by atoms with Gasteiger partial charge in [-0.2, -0.15) is 10.5 Å². The minimum Gasteiger partial charge on any atom is -0.248 e. The molecule has 8 nitrogen and oxygen atoms in total. The summed E-state index contributed by atoms with van der Waals surface area (Å²) >= 11 is 11.3. The molecule has 0 saturated carbocycles. The van der Waals surface area contributed by atoms with Gasteiger partial charge < -0.3 is 0 Å². The second-order valence-corrected chi connectivity index (χ2v) is 12.2. The highest BCUT2D eigenvalue weighted by Gasteiger charge is 2.17. The zero-order valence-corrected chi connectivity index (χ0v) is 19.8. The van der Waals surface area contributed by atoms with Crippen molar-refractivity contribution in [2.75, 3.05) is 12.5 Å². The lowest BCUT2D eigenvalue weighted by Crippen LogP contribution is -2.07. The van der Waals surface area contributed by atoms with E-state index in [0.29, 0.717) is 10.3 Å². The molecule has 0 radical (unpaired) electrons. The van der Waals surface area contributed by atoms with Gasteiger partial charge in [0.05, 0.1) is 30.0 Å². The monoisotopic (exact) mass is 486 g/mol. The van der Waals surface area contributed by atoms with Gasteiger partial charge in [-0.3, -0.25) is 0 Å². The van der Waals surface area contributed by atoms with E-state index in [4.69, 9.17) is 33.7 Å². The van der Waals surface area contributed by atoms with Crippen molar-refractivity contribution in [2.24, 2.45) is 8.73 Å². The van der Waals surface area contributed by atoms with Crippen LogP contribution in [0, 0.1) is 22.9 Å². The lowest BCUT2D eigenvalue weighted by molar-refractivity contribution is 0.672. The Morgan fingerprint density at radius 3 is 1.40 bits per heavy atom. The van der Waals surface area contributed by atoms with Gasteiger partial charge in [0.2, 0.25) is 12.4 Å². The Kier molecular flexibility index (Phi) is 9.66. The molecule has 4 atom stereocenters. The van der Waals surface area contributed by atoms with Crippen LogP contribution in [-0.4, -0.2) is 30.9 Å². The Morgan fingerprint density at radius 2 is 1.17 bits per heavy atom. The van der Waals surface area contributed by atoms with Gasteiger partial charge >= 0.3 is 0 Å². The van der Waals surface area contributed by atoms with Gasteiger partial charge in [-0.15, -0.1) is 8.73 Å². The molecule has 2 rings (SSSR count). The van der Waals surface area contributed by atoms with Gasteiger partial charge in [0.25, 0.3) is 0 Å². The average molecular weight is 487 g/mol. The minimum atomic E-state index is -2.55. The fourth-order valence-electron chi connectivity index (χ4n) is 2.08. The third-order valence-electron chi connectivity index (χ3n) is 4.20. The lowest BCUT2D eigenvalue weighted by atomic mass is 10.2. The molecule has 30 heavy (non-hydrogen) atoms. The summed E-state index contributed by atoms with van der Waals surface area (Å²) in [6.45, 7) is 3.49. The third-order valence-corrected chi connectivity index (χ3v) is 8.70. The number of hydrogen-bond donors (Lipinski definition) is 0. The molecule has 2 aromatic rings. The lowest BCUT2D eigenvalue weighted by Gasteiger charge is -2.11. The molecule has 0 saturated heterocycles. The van der Waals surface area contributed by atoms with E-state index in [2.05, 4.69) is 18.7 Å². The molecule has 0 bridgehead atoms. The van der Waals surface area contributed by atoms with Crippen molar-refractivity contribution in [1.82, 2.24) is 9.97 Å². The van der Waals surface area contributed by atoms with Crippen LogP contribution in [0.25, 0.3) is 0 Å². The van der Waals surface area contributed by atoms with Crippen LogP contribution in [0.15, 0.2) is 45.4 Å². The van der Waals surface area contributed by atoms with E-state index < -0.39 is 19.5 Å². The highest BCUT2D eigenvalue weighted by atomic mass is 35.5. The number of halogens is 2. The SMILES string of the molecule is C[C@@H](c1ccc(Cl)nc1)S(C)(=O)=NC#N.C[C@H](c1ccc(Cl)nc1)S(C)(=O)=NC#N. The van der Waals surface area contributed by atoms with E-state index >= 15 is 0 Å². The Morgan fingerprint density at radius 1 is 0.833 bits per heavy atom. The van der Waals surface area contributed by atoms with Crippen molar-refractivity contribution in [1.29, 1.82) is 10.5 Å². The zero-order valence-electron chi connectivity index (χ0n) is 16.7. The molecular formula is C18H20Cl2N6O2S2. The first-order valence-electron chi connectivity index (χ1n) is 8.35. The fourth-order valence-corrected chi connectivity index (χ4v) is 4.23. The number of rotatable bonds is 4. The third kappa shape index (κ3) is 7.54. The summed E-state index contributed by atoms with van der Waals surface area (Å²) in [6.07, 6.45) is 9.14. The van der Waals surface area contributed by atoms with Crippen molar-refractivity contribution >= 4 is 42.7 Å². The fraction of sp³-hybridized carbons (Fsp3) is 0.333. The van der Waals surface area contributed by atoms with E-state index in [0.717, 1.165) is 11.1 Å². The Hall–Kier alpha value is -2.24. The predicted molar refractivity (Wildman–Crippen MR) is 120 cm³/mol. The van der Waals surface area contributed by atoms with Gasteiger partial charge in [0.15, 0.2) is 0 Å². The normalized spacial score (nSPS) is 16.1. The number of nitrogens with zero attached hydrogens (tertiary/aromatic N) is 6. The van der Waals surface area contributed by atoms with Crippen LogP contribution in [0.5, 0.6) is 0 Å². The second-order valence-electron chi connectivity index (χ2n) is 6.22. The zero-order chi connectivity index (χ0) is 22.9. The van der Waals surface area contributed by atoms with E-state index in [9.17, 15) is 8.42 Å². The Bertz CT molecular complexity index is 1090. The van der Waals surface area contributed by atoms with E-state index in [1.165, 1.54) is 12.5 Å². The molecule has 2 unspecified atom stereocenters. The highest BCUT2D eigenvalue weighted by Crippen LogP contribution is 2.23. The molecule has 0 N–H and O–H groups in total. The van der Waals surface area contributed by atoms with Crippen LogP contribution in [0.1, 0.15) is 35.5 Å². The molecule has 0 aromatic carbocycles. The van der Waals surface area contributed by atoms with Crippen molar-refractivity contribution < 1.29 is 8.42 Å². The van der Waals surface area contributed by atoms with E-state index in [1.54, 1.807) is 62.9 Å². The van der Waals surface area contributed by atoms with Crippen molar-refractivity contribution in [3.8, 4) is 12.4 Å². The van der Waals surface area contributed by atoms with Gasteiger partial charge in [0, 0.05) is 24.9 Å². The van der Waals surface area contributed by atoms with Crippen molar-refractivity contribution in [2.45, 2.75) is 24.3 Å². The molecule has 2 aromatic heterocycles. The molecule has 160 valence electrons. The predicted octanol–water partition coefficient (Wildman–Crippen LogP) is 4.75. The maximum absolute atomic E-state index is 11.9. The molecule has 12 heteroatoms. The van der Waals surface area contributed by atoms with Crippen molar-refractivity contribution in [3.63, 3.8) is 0 Å². The maximum Gasteiger partial charge on any atom is 0.214 e. The number of hydrogen-bond acceptors (Lipinski definition) is 8. The molecule has 2 heterocycles. The smallest absolute Gasteiger partial charge is 0.214 e. The van der Waals surface area contributed by atoms with Crippen LogP contribution in [0.2, 0.25) is 10.3 Å². The first-order chi connectivity index (χ1) is 13.9. The number of pyridine rings is 2. The maximum atomic E-state index is 11.9. The summed E-state index contributed by atoms with van der Waals surface area (Å²) in [4.78, 5) is 7.78. The van der Waals surface area contributed by atoms with Crippen molar-refractivity contribution in [3.05, 3.63) is 58.1 Å². The summed E-state index contributed by atoms with van der Waals surface area (Å²) in [5.74, 6) is 0. The second kappa shape index (κ2) is 11.2. The molecule has 0 aliphatic heterocycles. The summed E-state index contributed by atoms with van der Waals surface area (Å²) in [6, 6.07) is 6.71. The molecule has 0 aliphatic rings. The van der Waals surface area contributed by atoms with Crippen LogP contribution in [0.4, 0.5) is 0 Å². The largest absolute Gasteiger partial charge is 0.248 e. The van der Waals surface area contributed by atoms with E-state index in [-0.39, 0.29) is 10.5 Å². The van der Waals surface area contributed by atoms with Gasteiger partial charge in [0.1, 0.15) is 10.3 Å². The van der Waals surface area contributed by atoms with Crippen LogP contribution in [0.3, 0.4) is 0 Å². The average Bonchev–Trinajstić information content (AvgIpc) is 2.68. The Balaban J connectivity index is 0.000000300. The van der Waals surface area contributed by atoms with Crippen LogP contribution in [-0.2, 0) is 19.5 Å². The molecule has 0 amide bonds. The molecule has 0 fully saturated rings. The molecule has 0 aliphatic carbocycles. The quantitative estimate of drug-likeness (QED) is 0.452. The Labute approximate surface area is 187 Å². The first-order valence-corrected chi connectivity index (χ1v) is 13.1. The van der Waals surface area contributed by atoms with Crippen LogP contribution >= 0.6 is 23.2 Å². The number of nitriles is 2. The van der Waals surface area contributed by atoms with Gasteiger partial charge in [-0.25, -0.2) is 18.4 Å². The topological polar surface area (TPSA) is 132 Å². The number of aromatic nitrogens is 2. The standard InChI is InChI=1S/2C9H10ClN3OS/c2*1-7(15(2,14)13-6-11)8-3-4-9(10)12-5-8/h2*3-5,7H,1-2H3/t2*7-,15?/m10/s1. The summed E-state index contributed by atoms with van der Waals surface area (Å²) in [7, 11) is -5.09. The van der Waals surface area contributed by atoms with Gasteiger partial charge in [-0.05, 0) is 37.1 Å². The minimum absolute atomic E-state index is 0.345. The molecular weight excluding hydrogens is 467 g/mol. The van der Waals surface area contributed by atoms with Gasteiger partial charge in [-0.1, -0.05) is 35.3 Å². The highest BCUT2D eigenvalue weighted by molar-refractivity contribution is 7.93. The first kappa shape index (κ1) is 25.8. The summed E-state index contributed by atoms with van der Waals surface area (Å²) in [5.41, 5.74) is 1.51. The summed E-state index contributed by atoms with van der Waals surface area (Å²) < 4.78 is 30.7. The van der Waals surface area contributed by atoms with Crippen LogP contribution < -0.4 is 0 Å². The van der Waals surface area contributed by atoms with E-state index in [1.807, 2.05) is 0 Å². The molecule has 0 spiro atoms.